The lowest BCUT2D eigenvalue weighted by Crippen LogP contribution is -2.35. The molecule has 0 fully saturated rings. The Labute approximate surface area is 261 Å². The van der Waals surface area contributed by atoms with Crippen molar-refractivity contribution in [2.24, 2.45) is 0 Å². The van der Waals surface area contributed by atoms with Crippen molar-refractivity contribution in [1.29, 1.82) is 0 Å². The van der Waals surface area contributed by atoms with Crippen LogP contribution in [0, 0.1) is 0 Å². The summed E-state index contributed by atoms with van der Waals surface area (Å²) in [5.74, 6) is 0.159. The molecule has 1 aliphatic carbocycles. The Hall–Kier alpha value is -5.60. The van der Waals surface area contributed by atoms with Gasteiger partial charge in [-0.1, -0.05) is 121 Å². The molecule has 6 aromatic carbocycles. The molecule has 0 saturated carbocycles. The van der Waals surface area contributed by atoms with Crippen LogP contribution in [0.4, 0.5) is 0 Å². The van der Waals surface area contributed by atoms with Crippen molar-refractivity contribution in [2.75, 3.05) is 0 Å². The normalized spacial score (nSPS) is 18.5. The van der Waals surface area contributed by atoms with Crippen LogP contribution < -0.4 is 0 Å². The van der Waals surface area contributed by atoms with Crippen LogP contribution in [-0.4, -0.2) is 4.57 Å². The fourth-order valence-electron chi connectivity index (χ4n) is 8.19. The maximum atomic E-state index is 6.27. The first-order valence-electron chi connectivity index (χ1n) is 15.7. The molecule has 8 aromatic rings. The summed E-state index contributed by atoms with van der Waals surface area (Å²) >= 11 is 0. The van der Waals surface area contributed by atoms with Gasteiger partial charge in [0.25, 0.3) is 0 Å². The number of furan rings is 1. The molecular formula is C43H29NO. The molecular weight excluding hydrogens is 546 g/mol. The fourth-order valence-corrected chi connectivity index (χ4v) is 8.19. The van der Waals surface area contributed by atoms with Crippen LogP contribution in [0.3, 0.4) is 0 Å². The van der Waals surface area contributed by atoms with Crippen LogP contribution in [0.1, 0.15) is 18.4 Å². The Bertz CT molecular complexity index is 2570. The maximum Gasteiger partial charge on any atom is 0.136 e. The number of hydrogen-bond donors (Lipinski definition) is 0. The van der Waals surface area contributed by atoms with Crippen LogP contribution in [0.15, 0.2) is 156 Å². The summed E-state index contributed by atoms with van der Waals surface area (Å²) in [5.41, 5.74) is 12.9. The lowest BCUT2D eigenvalue weighted by atomic mass is 9.75. The third-order valence-electron chi connectivity index (χ3n) is 10.3. The van der Waals surface area contributed by atoms with E-state index in [2.05, 4.69) is 151 Å². The van der Waals surface area contributed by atoms with Crippen molar-refractivity contribution in [3.05, 3.63) is 157 Å². The van der Waals surface area contributed by atoms with Gasteiger partial charge < -0.3 is 8.98 Å². The molecule has 3 heterocycles. The van der Waals surface area contributed by atoms with E-state index in [1.807, 2.05) is 12.1 Å². The van der Waals surface area contributed by atoms with Crippen LogP contribution >= 0.6 is 0 Å². The zero-order valence-corrected chi connectivity index (χ0v) is 24.9. The molecule has 2 heteroatoms. The monoisotopic (exact) mass is 575 g/mol. The summed E-state index contributed by atoms with van der Waals surface area (Å²) in [7, 11) is 0. The highest BCUT2D eigenvalue weighted by atomic mass is 16.3. The van der Waals surface area contributed by atoms with E-state index >= 15 is 0 Å². The second kappa shape index (κ2) is 8.97. The van der Waals surface area contributed by atoms with Gasteiger partial charge in [0.2, 0.25) is 0 Å². The highest BCUT2D eigenvalue weighted by molar-refractivity contribution is 6.15. The van der Waals surface area contributed by atoms with Gasteiger partial charge in [-0.3, -0.25) is 0 Å². The molecule has 0 amide bonds. The van der Waals surface area contributed by atoms with Gasteiger partial charge in [-0.2, -0.15) is 0 Å². The number of aromatic nitrogens is 1. The molecule has 10 rings (SSSR count). The number of para-hydroxylation sites is 2. The van der Waals surface area contributed by atoms with E-state index in [1.54, 1.807) is 0 Å². The minimum Gasteiger partial charge on any atom is -0.456 e. The number of nitrogens with zero attached hydrogens (tertiary/aromatic N) is 1. The van der Waals surface area contributed by atoms with Gasteiger partial charge in [0.1, 0.15) is 11.2 Å². The predicted molar refractivity (Wildman–Crippen MR) is 188 cm³/mol. The molecule has 45 heavy (non-hydrogen) atoms. The summed E-state index contributed by atoms with van der Waals surface area (Å²) in [6.45, 7) is 2.41. The van der Waals surface area contributed by atoms with Gasteiger partial charge in [0.05, 0.1) is 11.1 Å². The van der Waals surface area contributed by atoms with Crippen LogP contribution in [0.5, 0.6) is 0 Å². The highest BCUT2D eigenvalue weighted by Gasteiger charge is 2.39. The number of benzene rings is 6. The van der Waals surface area contributed by atoms with Gasteiger partial charge in [-0.15, -0.1) is 0 Å². The number of fused-ring (bicyclic) bond motifs is 13. The highest BCUT2D eigenvalue weighted by Crippen LogP contribution is 2.52. The lowest BCUT2D eigenvalue weighted by molar-refractivity contribution is 0.388. The number of hydrogen-bond acceptors (Lipinski definition) is 1. The zero-order valence-electron chi connectivity index (χ0n) is 24.9. The first-order chi connectivity index (χ1) is 22.2. The van der Waals surface area contributed by atoms with Gasteiger partial charge in [0.15, 0.2) is 0 Å². The van der Waals surface area contributed by atoms with Crippen molar-refractivity contribution >= 4 is 43.7 Å². The molecule has 2 nitrogen and oxygen atoms in total. The fraction of sp³-hybridized carbons (Fsp3) is 0.0698. The Morgan fingerprint density at radius 3 is 2.16 bits per heavy atom. The molecule has 0 N–H and O–H groups in total. The molecule has 2 aromatic heterocycles. The van der Waals surface area contributed by atoms with Gasteiger partial charge >= 0.3 is 0 Å². The quantitative estimate of drug-likeness (QED) is 0.190. The molecule has 2 atom stereocenters. The Kier molecular flexibility index (Phi) is 4.94. The van der Waals surface area contributed by atoms with Gasteiger partial charge in [0, 0.05) is 38.5 Å². The molecule has 2 unspecified atom stereocenters. The molecule has 0 radical (unpaired) electrons. The van der Waals surface area contributed by atoms with Crippen molar-refractivity contribution < 1.29 is 4.42 Å². The summed E-state index contributed by atoms with van der Waals surface area (Å²) in [4.78, 5) is 0. The third kappa shape index (κ3) is 3.34. The average Bonchev–Trinajstić information content (AvgIpc) is 3.64. The smallest absolute Gasteiger partial charge is 0.136 e. The van der Waals surface area contributed by atoms with E-state index in [0.29, 0.717) is 0 Å². The topological polar surface area (TPSA) is 18.1 Å². The minimum atomic E-state index is -0.322. The first-order valence-corrected chi connectivity index (χ1v) is 15.7. The summed E-state index contributed by atoms with van der Waals surface area (Å²) in [6, 6.07) is 46.6. The van der Waals surface area contributed by atoms with Crippen molar-refractivity contribution in [3.8, 4) is 33.4 Å². The van der Waals surface area contributed by atoms with E-state index in [4.69, 9.17) is 4.42 Å². The van der Waals surface area contributed by atoms with Gasteiger partial charge in [-0.05, 0) is 70.6 Å². The average molecular weight is 576 g/mol. The van der Waals surface area contributed by atoms with Gasteiger partial charge in [-0.25, -0.2) is 0 Å². The summed E-state index contributed by atoms with van der Waals surface area (Å²) in [6.07, 6.45) is 9.24. The summed E-state index contributed by atoms with van der Waals surface area (Å²) < 4.78 is 8.90. The third-order valence-corrected chi connectivity index (χ3v) is 10.3. The number of allylic oxidation sites excluding steroid dienone is 4. The molecule has 0 saturated heterocycles. The second-order valence-corrected chi connectivity index (χ2v) is 12.7. The Balaban J connectivity index is 1.29. The van der Waals surface area contributed by atoms with E-state index in [-0.39, 0.29) is 11.5 Å². The van der Waals surface area contributed by atoms with Crippen LogP contribution in [0.25, 0.3) is 77.1 Å². The maximum absolute atomic E-state index is 6.27. The van der Waals surface area contributed by atoms with E-state index in [9.17, 15) is 0 Å². The van der Waals surface area contributed by atoms with E-state index in [0.717, 1.165) is 27.5 Å². The first kappa shape index (κ1) is 24.8. The number of rotatable bonds is 1. The zero-order chi connectivity index (χ0) is 29.7. The molecule has 0 spiro atoms. The van der Waals surface area contributed by atoms with E-state index < -0.39 is 0 Å². The van der Waals surface area contributed by atoms with Crippen LogP contribution in [0.2, 0.25) is 0 Å². The minimum absolute atomic E-state index is 0.159. The molecule has 0 bridgehead atoms. The predicted octanol–water partition coefficient (Wildman–Crippen LogP) is 11.6. The largest absolute Gasteiger partial charge is 0.456 e. The molecule has 1 aliphatic heterocycles. The Morgan fingerprint density at radius 2 is 1.24 bits per heavy atom. The van der Waals surface area contributed by atoms with E-state index in [1.165, 1.54) is 55.2 Å². The standard InChI is InChI=1S/C43H29NO/c1-43-24-9-8-18-38(43)32-14-5-4-12-30(32)29-11-2-3-13-31(29)35-16-10-17-36-37-25-27(21-23-39(37)44(43)42(35)36)28-20-22-34-33-15-6-7-19-40(33)45-41(34)26-28/h2-26,38H,1H3. The second-order valence-electron chi connectivity index (χ2n) is 12.7. The SMILES string of the molecule is CC12C=CC=CC1c1ccccc1-c1ccccc1-c1cccc3c4cc(-c5ccc6c(c5)oc5ccccc56)ccc4n2c13. The van der Waals surface area contributed by atoms with Crippen molar-refractivity contribution in [2.45, 2.75) is 18.4 Å². The molecule has 2 aliphatic rings. The Morgan fingerprint density at radius 1 is 0.556 bits per heavy atom. The summed E-state index contributed by atoms with van der Waals surface area (Å²) in [5, 5.41) is 4.85. The lowest BCUT2D eigenvalue weighted by Gasteiger charge is -2.39. The van der Waals surface area contributed by atoms with Crippen LogP contribution in [-0.2, 0) is 5.54 Å². The van der Waals surface area contributed by atoms with Crippen molar-refractivity contribution in [3.63, 3.8) is 0 Å². The molecule has 212 valence electrons. The van der Waals surface area contributed by atoms with Crippen molar-refractivity contribution in [1.82, 2.24) is 4.57 Å².